The molecule has 0 aliphatic heterocycles. The summed E-state index contributed by atoms with van der Waals surface area (Å²) in [4.78, 5) is 23.7. The van der Waals surface area contributed by atoms with Crippen molar-refractivity contribution in [2.45, 2.75) is 6.61 Å². The molecule has 0 saturated carbocycles. The number of carbonyl (C=O) groups excluding carboxylic acids is 1. The molecule has 0 spiro atoms. The number of phenolic OH excluding ortho intramolecular Hbond substituents is 1. The number of halogens is 2. The van der Waals surface area contributed by atoms with Gasteiger partial charge in [0.25, 0.3) is 0 Å². The average Bonchev–Trinajstić information content (AvgIpc) is 2.51. The van der Waals surface area contributed by atoms with Gasteiger partial charge in [0.2, 0.25) is 0 Å². The summed E-state index contributed by atoms with van der Waals surface area (Å²) in [6.45, 7) is -0.148. The molecule has 0 aliphatic rings. The van der Waals surface area contributed by atoms with Gasteiger partial charge in [0.05, 0.1) is 10.6 Å². The summed E-state index contributed by atoms with van der Waals surface area (Å²) >= 11 is 11.8. The van der Waals surface area contributed by atoms with Crippen LogP contribution in [0.3, 0.4) is 0 Å². The molecule has 0 aliphatic carbocycles. The number of phenols is 1. The van der Waals surface area contributed by atoms with Crippen LogP contribution in [0.2, 0.25) is 10.0 Å². The van der Waals surface area contributed by atoms with E-state index in [0.717, 1.165) is 0 Å². The molecule has 0 unspecified atom stereocenters. The van der Waals surface area contributed by atoms with E-state index in [4.69, 9.17) is 32.4 Å². The molecule has 0 radical (unpaired) electrons. The number of rotatable bonds is 3. The average molecular weight is 365 g/mol. The van der Waals surface area contributed by atoms with Gasteiger partial charge < -0.3 is 14.3 Å². The quantitative estimate of drug-likeness (QED) is 0.557. The number of aromatic hydroxyl groups is 1. The molecule has 0 atom stereocenters. The summed E-state index contributed by atoms with van der Waals surface area (Å²) in [5.41, 5.74) is 0.229. The molecule has 3 aromatic rings. The van der Waals surface area contributed by atoms with Gasteiger partial charge in [-0.1, -0.05) is 23.2 Å². The zero-order valence-electron chi connectivity index (χ0n) is 12.1. The number of hydrogen-bond donors (Lipinski definition) is 1. The normalized spacial score (nSPS) is 10.8. The molecule has 2 aromatic carbocycles. The molecule has 5 nitrogen and oxygen atoms in total. The second kappa shape index (κ2) is 6.55. The van der Waals surface area contributed by atoms with Gasteiger partial charge in [-0.2, -0.15) is 0 Å². The van der Waals surface area contributed by atoms with Gasteiger partial charge in [0, 0.05) is 28.1 Å². The summed E-state index contributed by atoms with van der Waals surface area (Å²) in [5, 5.41) is 10.6. The molecular weight excluding hydrogens is 355 g/mol. The number of hydrogen-bond acceptors (Lipinski definition) is 5. The molecule has 0 saturated heterocycles. The topological polar surface area (TPSA) is 76.7 Å². The van der Waals surface area contributed by atoms with Crippen LogP contribution in [-0.2, 0) is 11.3 Å². The van der Waals surface area contributed by atoms with E-state index in [1.165, 1.54) is 36.4 Å². The first-order valence-electron chi connectivity index (χ1n) is 6.82. The Morgan fingerprint density at radius 3 is 2.67 bits per heavy atom. The Morgan fingerprint density at radius 1 is 1.12 bits per heavy atom. The number of benzene rings is 2. The zero-order valence-corrected chi connectivity index (χ0v) is 13.6. The van der Waals surface area contributed by atoms with Crippen molar-refractivity contribution in [3.63, 3.8) is 0 Å². The number of ether oxygens (including phenoxy) is 1. The van der Waals surface area contributed by atoms with Crippen LogP contribution >= 0.6 is 23.2 Å². The maximum Gasteiger partial charge on any atom is 0.339 e. The highest BCUT2D eigenvalue weighted by atomic mass is 35.5. The first kappa shape index (κ1) is 16.4. The van der Waals surface area contributed by atoms with Gasteiger partial charge >= 0.3 is 11.6 Å². The fourth-order valence-corrected chi connectivity index (χ4v) is 2.70. The molecule has 24 heavy (non-hydrogen) atoms. The van der Waals surface area contributed by atoms with Gasteiger partial charge in [-0.3, -0.25) is 0 Å². The van der Waals surface area contributed by atoms with Crippen molar-refractivity contribution in [1.82, 2.24) is 0 Å². The summed E-state index contributed by atoms with van der Waals surface area (Å²) in [7, 11) is 0. The highest BCUT2D eigenvalue weighted by molar-refractivity contribution is 6.36. The van der Waals surface area contributed by atoms with Crippen LogP contribution in [0.1, 0.15) is 15.9 Å². The Bertz CT molecular complexity index is 994. The smallest absolute Gasteiger partial charge is 0.339 e. The predicted molar refractivity (Wildman–Crippen MR) is 89.7 cm³/mol. The van der Waals surface area contributed by atoms with Crippen molar-refractivity contribution in [2.75, 3.05) is 0 Å². The lowest BCUT2D eigenvalue weighted by molar-refractivity contribution is 0.0474. The van der Waals surface area contributed by atoms with Crippen molar-refractivity contribution in [3.05, 3.63) is 74.1 Å². The zero-order chi connectivity index (χ0) is 17.3. The highest BCUT2D eigenvalue weighted by Gasteiger charge is 2.14. The maximum absolute atomic E-state index is 12.1. The second-order valence-electron chi connectivity index (χ2n) is 4.97. The van der Waals surface area contributed by atoms with Crippen molar-refractivity contribution in [1.29, 1.82) is 0 Å². The molecule has 1 aromatic heterocycles. The fraction of sp³-hybridized carbons (Fsp3) is 0.0588. The van der Waals surface area contributed by atoms with Crippen LogP contribution < -0.4 is 5.63 Å². The largest absolute Gasteiger partial charge is 0.508 e. The molecular formula is C17H10Cl2O5. The summed E-state index contributed by atoms with van der Waals surface area (Å²) in [5.74, 6) is -0.676. The number of carbonyl (C=O) groups is 1. The van der Waals surface area contributed by atoms with Crippen molar-refractivity contribution >= 4 is 40.1 Å². The molecule has 3 rings (SSSR count). The van der Waals surface area contributed by atoms with E-state index in [2.05, 4.69) is 0 Å². The maximum atomic E-state index is 12.1. The molecule has 0 bridgehead atoms. The Morgan fingerprint density at radius 2 is 1.92 bits per heavy atom. The SMILES string of the molecule is O=C(OCc1cc(=O)oc2cc(O)ccc12)c1ccc(Cl)cc1Cl. The number of fused-ring (bicyclic) bond motifs is 1. The van der Waals surface area contributed by atoms with E-state index in [-0.39, 0.29) is 28.5 Å². The monoisotopic (exact) mass is 364 g/mol. The van der Waals surface area contributed by atoms with Gasteiger partial charge in [0.15, 0.2) is 0 Å². The molecule has 0 fully saturated rings. The summed E-state index contributed by atoms with van der Waals surface area (Å²) < 4.78 is 10.2. The molecule has 1 N–H and O–H groups in total. The van der Waals surface area contributed by atoms with Crippen LogP contribution in [-0.4, -0.2) is 11.1 Å². The Labute approximate surface area is 146 Å². The molecule has 122 valence electrons. The third kappa shape index (κ3) is 3.37. The standard InChI is InChI=1S/C17H10Cl2O5/c18-10-1-3-13(14(19)6-10)17(22)23-8-9-5-16(21)24-15-7-11(20)2-4-12(9)15/h1-7,20H,8H2. The van der Waals surface area contributed by atoms with Gasteiger partial charge in [-0.15, -0.1) is 0 Å². The van der Waals surface area contributed by atoms with Crippen molar-refractivity contribution < 1.29 is 19.1 Å². The highest BCUT2D eigenvalue weighted by Crippen LogP contribution is 2.24. The van der Waals surface area contributed by atoms with Crippen LogP contribution in [0.25, 0.3) is 11.0 Å². The van der Waals surface area contributed by atoms with Crippen LogP contribution in [0.5, 0.6) is 5.75 Å². The fourth-order valence-electron chi connectivity index (χ4n) is 2.21. The van der Waals surface area contributed by atoms with E-state index in [9.17, 15) is 14.7 Å². The predicted octanol–water partition coefficient (Wildman–Crippen LogP) is 4.16. The number of esters is 1. The van der Waals surface area contributed by atoms with E-state index < -0.39 is 11.6 Å². The van der Waals surface area contributed by atoms with Crippen molar-refractivity contribution in [2.24, 2.45) is 0 Å². The Kier molecular flexibility index (Phi) is 4.46. The minimum atomic E-state index is -0.642. The summed E-state index contributed by atoms with van der Waals surface area (Å²) in [6, 6.07) is 10.0. The van der Waals surface area contributed by atoms with Crippen molar-refractivity contribution in [3.8, 4) is 5.75 Å². The summed E-state index contributed by atoms with van der Waals surface area (Å²) in [6.07, 6.45) is 0. The third-order valence-electron chi connectivity index (χ3n) is 3.32. The minimum Gasteiger partial charge on any atom is -0.508 e. The second-order valence-corrected chi connectivity index (χ2v) is 5.82. The van der Waals surface area contributed by atoms with Crippen LogP contribution in [0.15, 0.2) is 51.7 Å². The van der Waals surface area contributed by atoms with Crippen LogP contribution in [0.4, 0.5) is 0 Å². The third-order valence-corrected chi connectivity index (χ3v) is 3.87. The van der Waals surface area contributed by atoms with Gasteiger partial charge in [-0.05, 0) is 30.3 Å². The molecule has 0 amide bonds. The molecule has 1 heterocycles. The van der Waals surface area contributed by atoms with E-state index in [1.807, 2.05) is 0 Å². The Balaban J connectivity index is 1.88. The van der Waals surface area contributed by atoms with Gasteiger partial charge in [0.1, 0.15) is 17.9 Å². The minimum absolute atomic E-state index is 0.0345. The lowest BCUT2D eigenvalue weighted by atomic mass is 10.1. The van der Waals surface area contributed by atoms with Gasteiger partial charge in [-0.25, -0.2) is 9.59 Å². The van der Waals surface area contributed by atoms with E-state index in [0.29, 0.717) is 16.0 Å². The van der Waals surface area contributed by atoms with E-state index >= 15 is 0 Å². The lowest BCUT2D eigenvalue weighted by Gasteiger charge is -2.08. The molecule has 7 heteroatoms. The first-order chi connectivity index (χ1) is 11.4. The van der Waals surface area contributed by atoms with Crippen LogP contribution in [0, 0.1) is 0 Å². The Hall–Kier alpha value is -2.50. The first-order valence-corrected chi connectivity index (χ1v) is 7.57. The van der Waals surface area contributed by atoms with E-state index in [1.54, 1.807) is 6.07 Å². The lowest BCUT2D eigenvalue weighted by Crippen LogP contribution is -2.08.